The number of benzene rings is 1. The van der Waals surface area contributed by atoms with E-state index >= 15 is 0 Å². The highest BCUT2D eigenvalue weighted by Crippen LogP contribution is 2.39. The lowest BCUT2D eigenvalue weighted by Gasteiger charge is -2.34. The van der Waals surface area contributed by atoms with Gasteiger partial charge in [0.25, 0.3) is 5.91 Å². The molecule has 0 aliphatic heterocycles. The predicted molar refractivity (Wildman–Crippen MR) is 138 cm³/mol. The van der Waals surface area contributed by atoms with Gasteiger partial charge >= 0.3 is 6.18 Å². The summed E-state index contributed by atoms with van der Waals surface area (Å²) in [5, 5.41) is 2.11. The average Bonchev–Trinajstić information content (AvgIpc) is 2.84. The molecule has 1 aromatic heterocycles. The number of carbonyl (C=O) groups is 2. The molecule has 0 radical (unpaired) electrons. The number of rotatable bonds is 14. The molecule has 0 aliphatic carbocycles. The molecule has 0 spiro atoms. The summed E-state index contributed by atoms with van der Waals surface area (Å²) in [5.74, 6) is -1.97. The van der Waals surface area contributed by atoms with Crippen LogP contribution in [0, 0.1) is 6.92 Å². The number of allylic oxidation sites excluding steroid dienone is 1. The van der Waals surface area contributed by atoms with E-state index in [2.05, 4.69) is 39.4 Å². The van der Waals surface area contributed by atoms with Gasteiger partial charge in [0.05, 0.1) is 13.2 Å². The van der Waals surface area contributed by atoms with Crippen LogP contribution in [-0.4, -0.2) is 41.1 Å². The molecule has 1 N–H and O–H groups in total. The van der Waals surface area contributed by atoms with Crippen LogP contribution in [0.4, 0.5) is 13.2 Å². The summed E-state index contributed by atoms with van der Waals surface area (Å²) >= 11 is 3.26. The van der Waals surface area contributed by atoms with Crippen LogP contribution in [-0.2, 0) is 16.1 Å². The number of alkyl halides is 3. The molecule has 0 fully saturated rings. The van der Waals surface area contributed by atoms with Gasteiger partial charge in [-0.25, -0.2) is 4.98 Å². The van der Waals surface area contributed by atoms with Crippen molar-refractivity contribution >= 4 is 27.6 Å². The summed E-state index contributed by atoms with van der Waals surface area (Å²) in [5.41, 5.74) is -2.15. The first-order chi connectivity index (χ1) is 17.4. The standard InChI is InChI=1S/C27H30BrF3N2O4/c1-5-7-14-26(27(29,30)31,36-17-20-12-9-8-10-13-20)25(35)32-16-22(34)23-21(28)15-18(3)24(33-23)37-19(4)11-6-2/h5-6,8-10,12-13,15,19H,1-2,7,11,14,16-17H2,3-4H3,(H,32,35)/t19-,26-/m1/s1. The zero-order valence-electron chi connectivity index (χ0n) is 20.7. The third-order valence-electron chi connectivity index (χ3n) is 5.46. The molecule has 2 atom stereocenters. The van der Waals surface area contributed by atoms with Gasteiger partial charge in [0, 0.05) is 16.5 Å². The molecule has 0 saturated heterocycles. The minimum atomic E-state index is -5.05. The highest BCUT2D eigenvalue weighted by molar-refractivity contribution is 9.10. The van der Waals surface area contributed by atoms with Crippen molar-refractivity contribution in [2.24, 2.45) is 0 Å². The molecule has 0 saturated carbocycles. The number of nitrogens with zero attached hydrogens (tertiary/aromatic N) is 1. The highest BCUT2D eigenvalue weighted by atomic mass is 79.9. The summed E-state index contributed by atoms with van der Waals surface area (Å²) in [6, 6.07) is 9.81. The lowest BCUT2D eigenvalue weighted by atomic mass is 9.94. The molecule has 1 aromatic carbocycles. The molecule has 1 heterocycles. The van der Waals surface area contributed by atoms with E-state index in [1.54, 1.807) is 49.4 Å². The van der Waals surface area contributed by atoms with Crippen molar-refractivity contribution in [2.45, 2.75) is 57.6 Å². The number of aromatic nitrogens is 1. The SMILES string of the molecule is C=CCC[C@@](OCc1ccccc1)(C(=O)NCC(=O)c1nc(O[C@H](C)CC=C)c(C)cc1Br)C(F)(F)F. The zero-order chi connectivity index (χ0) is 27.6. The van der Waals surface area contributed by atoms with Crippen LogP contribution in [0.25, 0.3) is 0 Å². The normalized spacial score (nSPS) is 13.8. The van der Waals surface area contributed by atoms with E-state index in [1.165, 1.54) is 6.08 Å². The summed E-state index contributed by atoms with van der Waals surface area (Å²) in [7, 11) is 0. The summed E-state index contributed by atoms with van der Waals surface area (Å²) in [6.07, 6.45) is -2.64. The minimum Gasteiger partial charge on any atom is -0.474 e. The lowest BCUT2D eigenvalue weighted by molar-refractivity contribution is -0.272. The Labute approximate surface area is 223 Å². The van der Waals surface area contributed by atoms with E-state index in [0.29, 0.717) is 22.0 Å². The largest absolute Gasteiger partial charge is 0.474 e. The van der Waals surface area contributed by atoms with Crippen LogP contribution in [0.2, 0.25) is 0 Å². The van der Waals surface area contributed by atoms with Crippen molar-refractivity contribution in [3.63, 3.8) is 0 Å². The number of aryl methyl sites for hydroxylation is 1. The average molecular weight is 583 g/mol. The maximum Gasteiger partial charge on any atom is 0.426 e. The summed E-state index contributed by atoms with van der Waals surface area (Å²) in [4.78, 5) is 30.1. The molecule has 2 rings (SSSR count). The Bertz CT molecular complexity index is 1110. The smallest absolute Gasteiger partial charge is 0.426 e. The number of hydrogen-bond acceptors (Lipinski definition) is 5. The van der Waals surface area contributed by atoms with Crippen molar-refractivity contribution in [1.82, 2.24) is 10.3 Å². The van der Waals surface area contributed by atoms with Gasteiger partial charge in [0.1, 0.15) is 11.8 Å². The van der Waals surface area contributed by atoms with Crippen molar-refractivity contribution in [3.05, 3.63) is 83.0 Å². The number of amides is 1. The number of halogens is 4. The number of hydrogen-bond donors (Lipinski definition) is 1. The third-order valence-corrected chi connectivity index (χ3v) is 6.06. The third kappa shape index (κ3) is 8.00. The molecule has 0 bridgehead atoms. The Balaban J connectivity index is 2.26. The molecular formula is C27H30BrF3N2O4. The first kappa shape index (κ1) is 30.2. The number of carbonyl (C=O) groups excluding carboxylic acids is 2. The number of Topliss-reactive ketones (excluding diaryl/α,β-unsaturated/α-hetero) is 1. The highest BCUT2D eigenvalue weighted by Gasteiger charge is 2.61. The second-order valence-electron chi connectivity index (χ2n) is 8.43. The molecule has 10 heteroatoms. The van der Waals surface area contributed by atoms with Crippen LogP contribution in [0.5, 0.6) is 5.88 Å². The fourth-order valence-corrected chi connectivity index (χ4v) is 4.08. The van der Waals surface area contributed by atoms with Gasteiger partial charge in [0.2, 0.25) is 17.3 Å². The van der Waals surface area contributed by atoms with Crippen LogP contribution < -0.4 is 10.1 Å². The summed E-state index contributed by atoms with van der Waals surface area (Å²) < 4.78 is 54.2. The fraction of sp³-hybridized carbons (Fsp3) is 0.370. The van der Waals surface area contributed by atoms with E-state index in [1.807, 2.05) is 6.92 Å². The quantitative estimate of drug-likeness (QED) is 0.209. The van der Waals surface area contributed by atoms with E-state index in [0.717, 1.165) is 0 Å². The van der Waals surface area contributed by atoms with Crippen molar-refractivity contribution in [2.75, 3.05) is 6.54 Å². The van der Waals surface area contributed by atoms with Gasteiger partial charge in [-0.15, -0.1) is 13.2 Å². The molecule has 6 nitrogen and oxygen atoms in total. The number of pyridine rings is 1. The Morgan fingerprint density at radius 3 is 2.46 bits per heavy atom. The molecule has 0 aliphatic rings. The van der Waals surface area contributed by atoms with Gasteiger partial charge in [-0.1, -0.05) is 42.5 Å². The second kappa shape index (κ2) is 13.5. The Morgan fingerprint density at radius 1 is 1.19 bits per heavy atom. The van der Waals surface area contributed by atoms with E-state index < -0.39 is 43.0 Å². The monoisotopic (exact) mass is 582 g/mol. The number of ketones is 1. The van der Waals surface area contributed by atoms with Crippen molar-refractivity contribution in [1.29, 1.82) is 0 Å². The lowest BCUT2D eigenvalue weighted by Crippen LogP contribution is -2.59. The van der Waals surface area contributed by atoms with Crippen LogP contribution in [0.1, 0.15) is 47.8 Å². The molecule has 0 unspecified atom stereocenters. The Kier molecular flexibility index (Phi) is 11.1. The van der Waals surface area contributed by atoms with Crippen LogP contribution >= 0.6 is 15.9 Å². The second-order valence-corrected chi connectivity index (χ2v) is 9.28. The van der Waals surface area contributed by atoms with Gasteiger partial charge < -0.3 is 14.8 Å². The topological polar surface area (TPSA) is 77.5 Å². The van der Waals surface area contributed by atoms with E-state index in [9.17, 15) is 22.8 Å². The molecule has 2 aromatic rings. The van der Waals surface area contributed by atoms with Gasteiger partial charge in [0.15, 0.2) is 0 Å². The maximum atomic E-state index is 14.3. The van der Waals surface area contributed by atoms with Gasteiger partial charge in [-0.05, 0) is 54.2 Å². The number of ether oxygens (including phenoxy) is 2. The van der Waals surface area contributed by atoms with Crippen LogP contribution in [0.3, 0.4) is 0 Å². The predicted octanol–water partition coefficient (Wildman–Crippen LogP) is 6.28. The first-order valence-corrected chi connectivity index (χ1v) is 12.4. The molecule has 1 amide bonds. The Morgan fingerprint density at radius 2 is 1.86 bits per heavy atom. The molecule has 37 heavy (non-hydrogen) atoms. The van der Waals surface area contributed by atoms with Crippen LogP contribution in [0.15, 0.2) is 66.2 Å². The Hall–Kier alpha value is -2.98. The zero-order valence-corrected chi connectivity index (χ0v) is 22.3. The van der Waals surface area contributed by atoms with Crippen molar-refractivity contribution < 1.29 is 32.2 Å². The first-order valence-electron chi connectivity index (χ1n) is 11.6. The maximum absolute atomic E-state index is 14.3. The van der Waals surface area contributed by atoms with E-state index in [4.69, 9.17) is 9.47 Å². The molecular weight excluding hydrogens is 553 g/mol. The van der Waals surface area contributed by atoms with Gasteiger partial charge in [-0.2, -0.15) is 13.2 Å². The molecule has 200 valence electrons. The number of nitrogens with one attached hydrogen (secondary N) is 1. The minimum absolute atomic E-state index is 0.0828. The van der Waals surface area contributed by atoms with E-state index in [-0.39, 0.29) is 24.1 Å². The van der Waals surface area contributed by atoms with Gasteiger partial charge in [-0.3, -0.25) is 9.59 Å². The van der Waals surface area contributed by atoms with Crippen molar-refractivity contribution in [3.8, 4) is 5.88 Å². The summed E-state index contributed by atoms with van der Waals surface area (Å²) in [6.45, 7) is 9.48. The fourth-order valence-electron chi connectivity index (χ4n) is 3.43.